The summed E-state index contributed by atoms with van der Waals surface area (Å²) in [5.74, 6) is 0.749. The van der Waals surface area contributed by atoms with E-state index in [-0.39, 0.29) is 6.04 Å². The van der Waals surface area contributed by atoms with Crippen molar-refractivity contribution >= 4 is 0 Å². The summed E-state index contributed by atoms with van der Waals surface area (Å²) in [6.07, 6.45) is 6.21. The molecule has 0 fully saturated rings. The van der Waals surface area contributed by atoms with Gasteiger partial charge in [-0.25, -0.2) is 0 Å². The van der Waals surface area contributed by atoms with E-state index in [0.717, 1.165) is 18.0 Å². The Morgan fingerprint density at radius 3 is 2.39 bits per heavy atom. The minimum atomic E-state index is 0.139. The van der Waals surface area contributed by atoms with Gasteiger partial charge in [0.05, 0.1) is 5.69 Å². The molecular weight excluding hydrogens is 222 g/mol. The van der Waals surface area contributed by atoms with Gasteiger partial charge in [0.2, 0.25) is 0 Å². The van der Waals surface area contributed by atoms with E-state index in [4.69, 9.17) is 5.73 Å². The third-order valence-electron chi connectivity index (χ3n) is 4.07. The highest BCUT2D eigenvalue weighted by Gasteiger charge is 2.19. The van der Waals surface area contributed by atoms with Gasteiger partial charge in [0, 0.05) is 24.3 Å². The molecule has 0 amide bonds. The largest absolute Gasteiger partial charge is 0.324 e. The normalized spacial score (nSPS) is 14.8. The summed E-state index contributed by atoms with van der Waals surface area (Å²) in [6, 6.07) is 0.139. The summed E-state index contributed by atoms with van der Waals surface area (Å²) in [5, 5.41) is 4.46. The highest BCUT2D eigenvalue weighted by Crippen LogP contribution is 2.28. The number of nitrogens with zero attached hydrogens (tertiary/aromatic N) is 2. The number of hydrogen-bond acceptors (Lipinski definition) is 2. The van der Waals surface area contributed by atoms with Gasteiger partial charge in [-0.05, 0) is 26.2 Å². The monoisotopic (exact) mass is 251 g/mol. The van der Waals surface area contributed by atoms with Gasteiger partial charge < -0.3 is 5.73 Å². The minimum absolute atomic E-state index is 0.139. The van der Waals surface area contributed by atoms with Crippen LogP contribution in [0.1, 0.15) is 68.9 Å². The highest BCUT2D eigenvalue weighted by atomic mass is 15.3. The molecule has 1 aromatic rings. The van der Waals surface area contributed by atoms with Crippen LogP contribution in [-0.2, 0) is 7.05 Å². The van der Waals surface area contributed by atoms with E-state index in [2.05, 4.69) is 32.8 Å². The number of hydrogen-bond donors (Lipinski definition) is 1. The second kappa shape index (κ2) is 6.93. The molecule has 0 aliphatic heterocycles. The fraction of sp³-hybridized carbons (Fsp3) is 0.800. The molecule has 0 aromatic carbocycles. The molecule has 3 heteroatoms. The molecule has 2 unspecified atom stereocenters. The molecule has 18 heavy (non-hydrogen) atoms. The lowest BCUT2D eigenvalue weighted by atomic mass is 9.89. The van der Waals surface area contributed by atoms with Crippen LogP contribution in [0, 0.1) is 19.8 Å². The first kappa shape index (κ1) is 15.2. The molecule has 1 aromatic heterocycles. The SMILES string of the molecule is CCCCC(CC)CC(N)c1c(C)nn(C)c1C. The average Bonchev–Trinajstić information content (AvgIpc) is 2.58. The zero-order valence-corrected chi connectivity index (χ0v) is 12.7. The lowest BCUT2D eigenvalue weighted by Crippen LogP contribution is -2.17. The van der Waals surface area contributed by atoms with Gasteiger partial charge >= 0.3 is 0 Å². The van der Waals surface area contributed by atoms with E-state index in [0.29, 0.717) is 0 Å². The summed E-state index contributed by atoms with van der Waals surface area (Å²) in [6.45, 7) is 8.70. The summed E-state index contributed by atoms with van der Waals surface area (Å²) >= 11 is 0. The molecule has 2 N–H and O–H groups in total. The van der Waals surface area contributed by atoms with Crippen molar-refractivity contribution in [1.29, 1.82) is 0 Å². The molecule has 1 rings (SSSR count). The molecule has 0 spiro atoms. The van der Waals surface area contributed by atoms with E-state index in [9.17, 15) is 0 Å². The minimum Gasteiger partial charge on any atom is -0.324 e. The van der Waals surface area contributed by atoms with Crippen molar-refractivity contribution < 1.29 is 0 Å². The summed E-state index contributed by atoms with van der Waals surface area (Å²) in [7, 11) is 1.99. The predicted octanol–water partition coefficient (Wildman–Crippen LogP) is 3.64. The van der Waals surface area contributed by atoms with Crippen LogP contribution in [0.5, 0.6) is 0 Å². The number of aromatic nitrogens is 2. The predicted molar refractivity (Wildman–Crippen MR) is 77.5 cm³/mol. The lowest BCUT2D eigenvalue weighted by molar-refractivity contribution is 0.387. The van der Waals surface area contributed by atoms with Crippen molar-refractivity contribution in [2.75, 3.05) is 0 Å². The van der Waals surface area contributed by atoms with Gasteiger partial charge in [-0.2, -0.15) is 5.10 Å². The maximum atomic E-state index is 6.40. The van der Waals surface area contributed by atoms with Gasteiger partial charge in [0.1, 0.15) is 0 Å². The fourth-order valence-corrected chi connectivity index (χ4v) is 2.79. The summed E-state index contributed by atoms with van der Waals surface area (Å²) in [4.78, 5) is 0. The van der Waals surface area contributed by atoms with E-state index in [1.54, 1.807) is 0 Å². The van der Waals surface area contributed by atoms with Gasteiger partial charge in [0.25, 0.3) is 0 Å². The molecule has 0 aliphatic carbocycles. The first-order chi connectivity index (χ1) is 8.51. The topological polar surface area (TPSA) is 43.8 Å². The highest BCUT2D eigenvalue weighted by molar-refractivity contribution is 5.27. The van der Waals surface area contributed by atoms with Crippen LogP contribution < -0.4 is 5.73 Å². The Labute approximate surface area is 112 Å². The molecular formula is C15H29N3. The van der Waals surface area contributed by atoms with Crippen LogP contribution in [0.15, 0.2) is 0 Å². The standard InChI is InChI=1S/C15H29N3/c1-6-8-9-13(7-2)10-14(16)15-11(3)17-18(5)12(15)4/h13-14H,6-10,16H2,1-5H3. The molecule has 0 bridgehead atoms. The lowest BCUT2D eigenvalue weighted by Gasteiger charge is -2.20. The van der Waals surface area contributed by atoms with Crippen LogP contribution in [0.3, 0.4) is 0 Å². The smallest absolute Gasteiger partial charge is 0.0644 e. The van der Waals surface area contributed by atoms with Crippen LogP contribution in [0.4, 0.5) is 0 Å². The van der Waals surface area contributed by atoms with E-state index < -0.39 is 0 Å². The molecule has 104 valence electrons. The van der Waals surface area contributed by atoms with Crippen molar-refractivity contribution in [3.8, 4) is 0 Å². The molecule has 0 saturated carbocycles. The third-order valence-corrected chi connectivity index (χ3v) is 4.07. The zero-order chi connectivity index (χ0) is 13.7. The zero-order valence-electron chi connectivity index (χ0n) is 12.7. The molecule has 0 saturated heterocycles. The molecule has 3 nitrogen and oxygen atoms in total. The number of unbranched alkanes of at least 4 members (excludes halogenated alkanes) is 1. The van der Waals surface area contributed by atoms with Gasteiger partial charge in [0.15, 0.2) is 0 Å². The molecule has 1 heterocycles. The van der Waals surface area contributed by atoms with E-state index >= 15 is 0 Å². The van der Waals surface area contributed by atoms with E-state index in [1.165, 1.54) is 36.9 Å². The van der Waals surface area contributed by atoms with Crippen molar-refractivity contribution in [2.45, 2.75) is 65.8 Å². The summed E-state index contributed by atoms with van der Waals surface area (Å²) in [5.41, 5.74) is 9.97. The fourth-order valence-electron chi connectivity index (χ4n) is 2.79. The number of aryl methyl sites for hydroxylation is 2. The third kappa shape index (κ3) is 3.58. The number of rotatable bonds is 7. The first-order valence-electron chi connectivity index (χ1n) is 7.26. The Hall–Kier alpha value is -0.830. The summed E-state index contributed by atoms with van der Waals surface area (Å²) < 4.78 is 1.94. The quantitative estimate of drug-likeness (QED) is 0.804. The van der Waals surface area contributed by atoms with Gasteiger partial charge in [-0.1, -0.05) is 39.5 Å². The molecule has 2 atom stereocenters. The van der Waals surface area contributed by atoms with Crippen LogP contribution in [0.2, 0.25) is 0 Å². The molecule has 0 aliphatic rings. The maximum absolute atomic E-state index is 6.40. The number of nitrogens with two attached hydrogens (primary N) is 1. The Kier molecular flexibility index (Phi) is 5.86. The molecule has 0 radical (unpaired) electrons. The Bertz CT molecular complexity index is 368. The van der Waals surface area contributed by atoms with Gasteiger partial charge in [-0.15, -0.1) is 0 Å². The Morgan fingerprint density at radius 2 is 1.94 bits per heavy atom. The maximum Gasteiger partial charge on any atom is 0.0644 e. The second-order valence-electron chi connectivity index (χ2n) is 5.47. The first-order valence-corrected chi connectivity index (χ1v) is 7.26. The van der Waals surface area contributed by atoms with Crippen molar-refractivity contribution in [3.05, 3.63) is 17.0 Å². The van der Waals surface area contributed by atoms with Crippen molar-refractivity contribution in [1.82, 2.24) is 9.78 Å². The van der Waals surface area contributed by atoms with Crippen LogP contribution in [0.25, 0.3) is 0 Å². The Balaban J connectivity index is 2.71. The van der Waals surface area contributed by atoms with Crippen molar-refractivity contribution in [3.63, 3.8) is 0 Å². The van der Waals surface area contributed by atoms with E-state index in [1.807, 2.05) is 11.7 Å². The average molecular weight is 251 g/mol. The van der Waals surface area contributed by atoms with Gasteiger partial charge in [-0.3, -0.25) is 4.68 Å². The van der Waals surface area contributed by atoms with Crippen LogP contribution >= 0.6 is 0 Å². The van der Waals surface area contributed by atoms with Crippen molar-refractivity contribution in [2.24, 2.45) is 18.7 Å². The second-order valence-corrected chi connectivity index (χ2v) is 5.47. The Morgan fingerprint density at radius 1 is 1.28 bits per heavy atom. The van der Waals surface area contributed by atoms with Crippen LogP contribution in [-0.4, -0.2) is 9.78 Å².